The maximum absolute atomic E-state index is 12.0. The van der Waals surface area contributed by atoms with Crippen molar-refractivity contribution in [1.82, 2.24) is 9.21 Å². The summed E-state index contributed by atoms with van der Waals surface area (Å²) in [6, 6.07) is 0. The number of rotatable bonds is 5. The Kier molecular flexibility index (Phi) is 4.02. The summed E-state index contributed by atoms with van der Waals surface area (Å²) < 4.78 is 25.7. The zero-order chi connectivity index (χ0) is 12.5. The summed E-state index contributed by atoms with van der Waals surface area (Å²) in [7, 11) is -3.03. The van der Waals surface area contributed by atoms with Crippen molar-refractivity contribution in [3.63, 3.8) is 0 Å². The lowest BCUT2D eigenvalue weighted by Gasteiger charge is -2.33. The molecule has 0 radical (unpaired) electrons. The highest BCUT2D eigenvalue weighted by Crippen LogP contribution is 2.31. The van der Waals surface area contributed by atoms with Gasteiger partial charge in [0.05, 0.1) is 10.7 Å². The Balaban J connectivity index is 1.83. The Bertz CT molecular complexity index is 384. The van der Waals surface area contributed by atoms with Crippen LogP contribution in [0.3, 0.4) is 0 Å². The second-order valence-electron chi connectivity index (χ2n) is 4.86. The molecule has 2 rings (SSSR count). The van der Waals surface area contributed by atoms with E-state index in [9.17, 15) is 8.42 Å². The molecule has 5 nitrogen and oxygen atoms in total. The number of hydrogen-bond donors (Lipinski definition) is 1. The van der Waals surface area contributed by atoms with Crippen molar-refractivity contribution in [2.24, 2.45) is 11.7 Å². The van der Waals surface area contributed by atoms with E-state index in [4.69, 9.17) is 18.0 Å². The van der Waals surface area contributed by atoms with E-state index in [0.717, 1.165) is 25.9 Å². The minimum absolute atomic E-state index is 0.336. The summed E-state index contributed by atoms with van der Waals surface area (Å²) in [4.78, 5) is 2.57. The predicted octanol–water partition coefficient (Wildman–Crippen LogP) is -0.370. The molecule has 0 atom stereocenters. The van der Waals surface area contributed by atoms with Crippen molar-refractivity contribution < 1.29 is 8.42 Å². The molecule has 1 aliphatic carbocycles. The van der Waals surface area contributed by atoms with E-state index in [1.54, 1.807) is 4.31 Å². The largest absolute Gasteiger partial charge is 0.392 e. The average Bonchev–Trinajstić information content (AvgIpc) is 3.01. The number of sulfonamides is 1. The van der Waals surface area contributed by atoms with Crippen molar-refractivity contribution >= 4 is 27.2 Å². The number of hydrogen-bond acceptors (Lipinski definition) is 4. The molecule has 1 saturated carbocycles. The molecule has 1 aliphatic heterocycles. The average molecular weight is 277 g/mol. The highest BCUT2D eigenvalue weighted by atomic mass is 32.2. The van der Waals surface area contributed by atoms with Crippen molar-refractivity contribution in [3.8, 4) is 0 Å². The lowest BCUT2D eigenvalue weighted by molar-refractivity contribution is 0.209. The van der Waals surface area contributed by atoms with Crippen molar-refractivity contribution in [2.75, 3.05) is 38.5 Å². The molecule has 2 fully saturated rings. The first kappa shape index (κ1) is 13.2. The molecule has 0 aromatic rings. The lowest BCUT2D eigenvalue weighted by atomic mass is 10.3. The summed E-state index contributed by atoms with van der Waals surface area (Å²) in [5, 5.41) is 0. The SMILES string of the molecule is NC(=S)CN1CCN(S(=O)(=O)CC2CC2)CC1. The summed E-state index contributed by atoms with van der Waals surface area (Å²) in [6.45, 7) is 3.17. The van der Waals surface area contributed by atoms with Gasteiger partial charge in [0.25, 0.3) is 0 Å². The van der Waals surface area contributed by atoms with Gasteiger partial charge in [-0.1, -0.05) is 12.2 Å². The van der Waals surface area contributed by atoms with Crippen molar-refractivity contribution in [2.45, 2.75) is 12.8 Å². The number of nitrogens with zero attached hydrogens (tertiary/aromatic N) is 2. The number of thiocarbonyl (C=S) groups is 1. The Morgan fingerprint density at radius 1 is 1.24 bits per heavy atom. The zero-order valence-electron chi connectivity index (χ0n) is 9.84. The number of nitrogens with two attached hydrogens (primary N) is 1. The fourth-order valence-corrected chi connectivity index (χ4v) is 4.12. The Morgan fingerprint density at radius 2 is 1.82 bits per heavy atom. The smallest absolute Gasteiger partial charge is 0.214 e. The van der Waals surface area contributed by atoms with E-state index >= 15 is 0 Å². The van der Waals surface area contributed by atoms with E-state index in [1.807, 2.05) is 0 Å². The summed E-state index contributed by atoms with van der Waals surface area (Å²) >= 11 is 4.85. The van der Waals surface area contributed by atoms with Gasteiger partial charge in [0, 0.05) is 32.7 Å². The number of piperazine rings is 1. The standard InChI is InChI=1S/C10H19N3O2S2/c11-10(16)7-12-3-5-13(6-4-12)17(14,15)8-9-1-2-9/h9H,1-8H2,(H2,11,16). The Morgan fingerprint density at radius 3 is 2.29 bits per heavy atom. The quantitative estimate of drug-likeness (QED) is 0.695. The van der Waals surface area contributed by atoms with Crippen LogP contribution >= 0.6 is 12.2 Å². The van der Waals surface area contributed by atoms with Crippen LogP contribution in [0.15, 0.2) is 0 Å². The van der Waals surface area contributed by atoms with Gasteiger partial charge in [-0.2, -0.15) is 4.31 Å². The third-order valence-corrected chi connectivity index (χ3v) is 5.42. The molecular weight excluding hydrogens is 258 g/mol. The molecule has 0 unspecified atom stereocenters. The second-order valence-corrected chi connectivity index (χ2v) is 7.40. The van der Waals surface area contributed by atoms with Gasteiger partial charge in [-0.05, 0) is 18.8 Å². The Labute approximate surface area is 108 Å². The third kappa shape index (κ3) is 3.87. The highest BCUT2D eigenvalue weighted by Gasteiger charge is 2.33. The van der Waals surface area contributed by atoms with Gasteiger partial charge < -0.3 is 5.73 Å². The first-order chi connectivity index (χ1) is 7.97. The van der Waals surface area contributed by atoms with E-state index in [-0.39, 0.29) is 0 Å². The summed E-state index contributed by atoms with van der Waals surface area (Å²) in [5.74, 6) is 0.747. The van der Waals surface area contributed by atoms with E-state index in [1.165, 1.54) is 0 Å². The molecule has 2 aliphatic rings. The molecule has 98 valence electrons. The van der Waals surface area contributed by atoms with E-state index in [2.05, 4.69) is 4.90 Å². The normalized spacial score (nSPS) is 23.8. The fourth-order valence-electron chi connectivity index (χ4n) is 2.07. The van der Waals surface area contributed by atoms with Crippen LogP contribution in [0.4, 0.5) is 0 Å². The molecule has 0 amide bonds. The summed E-state index contributed by atoms with van der Waals surface area (Å²) in [5.41, 5.74) is 5.48. The van der Waals surface area contributed by atoms with Crippen LogP contribution in [-0.2, 0) is 10.0 Å². The van der Waals surface area contributed by atoms with Gasteiger partial charge in [0.1, 0.15) is 0 Å². The summed E-state index contributed by atoms with van der Waals surface area (Å²) in [6.07, 6.45) is 2.14. The zero-order valence-corrected chi connectivity index (χ0v) is 11.5. The first-order valence-corrected chi connectivity index (χ1v) is 7.97. The molecule has 7 heteroatoms. The monoisotopic (exact) mass is 277 g/mol. The molecule has 0 aromatic carbocycles. The first-order valence-electron chi connectivity index (χ1n) is 5.96. The van der Waals surface area contributed by atoms with E-state index in [0.29, 0.717) is 36.3 Å². The van der Waals surface area contributed by atoms with Crippen molar-refractivity contribution in [3.05, 3.63) is 0 Å². The maximum atomic E-state index is 12.0. The molecule has 2 N–H and O–H groups in total. The van der Waals surface area contributed by atoms with E-state index < -0.39 is 10.0 Å². The topological polar surface area (TPSA) is 66.6 Å². The van der Waals surface area contributed by atoms with Crippen LogP contribution in [-0.4, -0.2) is 61.1 Å². The lowest BCUT2D eigenvalue weighted by Crippen LogP contribution is -2.50. The van der Waals surface area contributed by atoms with Crippen molar-refractivity contribution in [1.29, 1.82) is 0 Å². The maximum Gasteiger partial charge on any atom is 0.214 e. The molecule has 1 heterocycles. The van der Waals surface area contributed by atoms with Crippen LogP contribution in [0.5, 0.6) is 0 Å². The molecule has 0 aromatic heterocycles. The van der Waals surface area contributed by atoms with Crippen LogP contribution in [0.1, 0.15) is 12.8 Å². The van der Waals surface area contributed by atoms with Gasteiger partial charge >= 0.3 is 0 Å². The van der Waals surface area contributed by atoms with Gasteiger partial charge in [-0.3, -0.25) is 4.90 Å². The third-order valence-electron chi connectivity index (χ3n) is 3.25. The highest BCUT2D eigenvalue weighted by molar-refractivity contribution is 7.89. The minimum Gasteiger partial charge on any atom is -0.392 e. The molecule has 0 bridgehead atoms. The van der Waals surface area contributed by atoms with Gasteiger partial charge in [-0.25, -0.2) is 8.42 Å². The van der Waals surface area contributed by atoms with Crippen LogP contribution in [0, 0.1) is 5.92 Å². The van der Waals surface area contributed by atoms with Gasteiger partial charge in [-0.15, -0.1) is 0 Å². The molecule has 1 saturated heterocycles. The molecule has 17 heavy (non-hydrogen) atoms. The fraction of sp³-hybridized carbons (Fsp3) is 0.900. The molecule has 0 spiro atoms. The van der Waals surface area contributed by atoms with Gasteiger partial charge in [0.15, 0.2) is 0 Å². The second kappa shape index (κ2) is 5.17. The minimum atomic E-state index is -3.03. The molecular formula is C10H19N3O2S2. The van der Waals surface area contributed by atoms with Crippen LogP contribution in [0.25, 0.3) is 0 Å². The van der Waals surface area contributed by atoms with Gasteiger partial charge in [0.2, 0.25) is 10.0 Å². The van der Waals surface area contributed by atoms with Crippen LogP contribution < -0.4 is 5.73 Å². The Hall–Kier alpha value is -0.240. The van der Waals surface area contributed by atoms with Crippen LogP contribution in [0.2, 0.25) is 0 Å². The predicted molar refractivity (Wildman–Crippen MR) is 71.3 cm³/mol.